The predicted molar refractivity (Wildman–Crippen MR) is 70.6 cm³/mol. The second-order valence-electron chi connectivity index (χ2n) is 5.51. The Morgan fingerprint density at radius 3 is 2.42 bits per heavy atom. The highest BCUT2D eigenvalue weighted by molar-refractivity contribution is 5.28. The van der Waals surface area contributed by atoms with Gasteiger partial charge in [0, 0.05) is 5.56 Å². The van der Waals surface area contributed by atoms with E-state index >= 15 is 0 Å². The van der Waals surface area contributed by atoms with Gasteiger partial charge in [-0.3, -0.25) is 0 Å². The lowest BCUT2D eigenvalue weighted by Gasteiger charge is -2.30. The van der Waals surface area contributed by atoms with Crippen molar-refractivity contribution in [2.24, 2.45) is 11.7 Å². The molecule has 0 heterocycles. The molecule has 0 spiro atoms. The van der Waals surface area contributed by atoms with Gasteiger partial charge in [-0.1, -0.05) is 31.4 Å². The number of aliphatic hydroxyl groups excluding tert-OH is 1. The first-order valence-corrected chi connectivity index (χ1v) is 6.90. The van der Waals surface area contributed by atoms with Crippen LogP contribution in [0.4, 0.5) is 8.78 Å². The third kappa shape index (κ3) is 2.95. The number of hydrogen-bond donors (Lipinski definition) is 2. The molecule has 0 bridgehead atoms. The molecule has 0 aromatic heterocycles. The smallest absolute Gasteiger partial charge is 0.163 e. The van der Waals surface area contributed by atoms with E-state index < -0.39 is 23.8 Å². The van der Waals surface area contributed by atoms with Crippen LogP contribution in [0.1, 0.15) is 49.3 Å². The first kappa shape index (κ1) is 14.4. The Morgan fingerprint density at radius 1 is 1.16 bits per heavy atom. The Bertz CT molecular complexity index is 444. The van der Waals surface area contributed by atoms with Crippen LogP contribution in [0.3, 0.4) is 0 Å². The molecule has 0 amide bonds. The molecule has 19 heavy (non-hydrogen) atoms. The Balaban J connectivity index is 2.18. The minimum absolute atomic E-state index is 0.0705. The molecule has 2 nitrogen and oxygen atoms in total. The van der Waals surface area contributed by atoms with Crippen molar-refractivity contribution < 1.29 is 13.9 Å². The first-order chi connectivity index (χ1) is 9.02. The summed E-state index contributed by atoms with van der Waals surface area (Å²) in [5, 5.41) is 10.3. The maximum absolute atomic E-state index is 13.9. The molecular formula is C15H21F2NO. The molecule has 106 valence electrons. The van der Waals surface area contributed by atoms with Gasteiger partial charge in [-0.05, 0) is 31.2 Å². The molecule has 0 saturated heterocycles. The molecule has 1 aliphatic rings. The van der Waals surface area contributed by atoms with Gasteiger partial charge in [0.1, 0.15) is 0 Å². The minimum Gasteiger partial charge on any atom is -0.391 e. The van der Waals surface area contributed by atoms with E-state index in [4.69, 9.17) is 5.73 Å². The molecule has 0 radical (unpaired) electrons. The molecular weight excluding hydrogens is 248 g/mol. The van der Waals surface area contributed by atoms with Crippen LogP contribution in [0.15, 0.2) is 12.1 Å². The van der Waals surface area contributed by atoms with Gasteiger partial charge in [0.25, 0.3) is 0 Å². The van der Waals surface area contributed by atoms with Crippen LogP contribution in [0.25, 0.3) is 0 Å². The van der Waals surface area contributed by atoms with Gasteiger partial charge in [0.2, 0.25) is 0 Å². The molecule has 4 heteroatoms. The summed E-state index contributed by atoms with van der Waals surface area (Å²) in [6.45, 7) is 1.51. The monoisotopic (exact) mass is 269 g/mol. The molecule has 3 N–H and O–H groups in total. The van der Waals surface area contributed by atoms with Crippen LogP contribution >= 0.6 is 0 Å². The Kier molecular flexibility index (Phi) is 4.53. The van der Waals surface area contributed by atoms with Crippen molar-refractivity contribution in [1.29, 1.82) is 0 Å². The topological polar surface area (TPSA) is 46.2 Å². The average Bonchev–Trinajstić information content (AvgIpc) is 2.44. The maximum Gasteiger partial charge on any atom is 0.163 e. The lowest BCUT2D eigenvalue weighted by Crippen LogP contribution is -2.35. The van der Waals surface area contributed by atoms with E-state index in [1.54, 1.807) is 0 Å². The van der Waals surface area contributed by atoms with Crippen LogP contribution in [0.2, 0.25) is 0 Å². The second kappa shape index (κ2) is 5.97. The van der Waals surface area contributed by atoms with E-state index in [0.717, 1.165) is 25.7 Å². The lowest BCUT2D eigenvalue weighted by atomic mass is 9.81. The molecule has 2 atom stereocenters. The predicted octanol–water partition coefficient (Wildman–Crippen LogP) is 3.21. The van der Waals surface area contributed by atoms with E-state index in [1.165, 1.54) is 25.5 Å². The van der Waals surface area contributed by atoms with Gasteiger partial charge in [0.05, 0.1) is 12.1 Å². The van der Waals surface area contributed by atoms with Crippen molar-refractivity contribution in [2.45, 2.75) is 51.2 Å². The quantitative estimate of drug-likeness (QED) is 0.885. The van der Waals surface area contributed by atoms with Gasteiger partial charge in [0.15, 0.2) is 11.6 Å². The third-order valence-corrected chi connectivity index (χ3v) is 4.17. The van der Waals surface area contributed by atoms with Crippen LogP contribution in [0, 0.1) is 24.5 Å². The highest BCUT2D eigenvalue weighted by Crippen LogP contribution is 2.32. The molecule has 1 saturated carbocycles. The van der Waals surface area contributed by atoms with E-state index in [0.29, 0.717) is 0 Å². The highest BCUT2D eigenvalue weighted by atomic mass is 19.2. The summed E-state index contributed by atoms with van der Waals surface area (Å²) in [7, 11) is 0. The fraction of sp³-hybridized carbons (Fsp3) is 0.600. The summed E-state index contributed by atoms with van der Waals surface area (Å²) in [6, 6.07) is 2.12. The number of hydrogen-bond acceptors (Lipinski definition) is 2. The molecule has 1 aliphatic carbocycles. The van der Waals surface area contributed by atoms with E-state index in [9.17, 15) is 13.9 Å². The Labute approximate surface area is 112 Å². The van der Waals surface area contributed by atoms with Gasteiger partial charge in [-0.2, -0.15) is 0 Å². The van der Waals surface area contributed by atoms with Crippen molar-refractivity contribution in [3.63, 3.8) is 0 Å². The summed E-state index contributed by atoms with van der Waals surface area (Å²) in [5.74, 6) is -1.71. The average molecular weight is 269 g/mol. The normalized spacial score (nSPS) is 20.3. The number of aryl methyl sites for hydroxylation is 1. The zero-order chi connectivity index (χ0) is 14.0. The Morgan fingerprint density at radius 2 is 1.79 bits per heavy atom. The van der Waals surface area contributed by atoms with Crippen LogP contribution < -0.4 is 5.73 Å². The largest absolute Gasteiger partial charge is 0.391 e. The maximum atomic E-state index is 13.9. The second-order valence-corrected chi connectivity index (χ2v) is 5.51. The number of halogens is 2. The summed E-state index contributed by atoms with van der Waals surface area (Å²) < 4.78 is 27.4. The van der Waals surface area contributed by atoms with Crippen molar-refractivity contribution in [2.75, 3.05) is 0 Å². The highest BCUT2D eigenvalue weighted by Gasteiger charge is 2.30. The number of nitrogens with two attached hydrogens (primary N) is 1. The van der Waals surface area contributed by atoms with E-state index in [1.807, 2.05) is 0 Å². The summed E-state index contributed by atoms with van der Waals surface area (Å²) in [6.07, 6.45) is 4.32. The van der Waals surface area contributed by atoms with Gasteiger partial charge >= 0.3 is 0 Å². The van der Waals surface area contributed by atoms with Crippen molar-refractivity contribution in [3.05, 3.63) is 34.9 Å². The fourth-order valence-corrected chi connectivity index (χ4v) is 2.87. The first-order valence-electron chi connectivity index (χ1n) is 6.90. The fourth-order valence-electron chi connectivity index (χ4n) is 2.87. The molecule has 1 aromatic carbocycles. The molecule has 0 aliphatic heterocycles. The lowest BCUT2D eigenvalue weighted by molar-refractivity contribution is 0.0606. The van der Waals surface area contributed by atoms with Gasteiger partial charge in [-0.15, -0.1) is 0 Å². The third-order valence-electron chi connectivity index (χ3n) is 4.17. The zero-order valence-corrected chi connectivity index (χ0v) is 11.2. The van der Waals surface area contributed by atoms with Crippen molar-refractivity contribution >= 4 is 0 Å². The zero-order valence-electron chi connectivity index (χ0n) is 11.2. The number of rotatable bonds is 3. The van der Waals surface area contributed by atoms with Crippen LogP contribution in [-0.2, 0) is 0 Å². The van der Waals surface area contributed by atoms with Crippen LogP contribution in [0.5, 0.6) is 0 Å². The van der Waals surface area contributed by atoms with Crippen molar-refractivity contribution in [1.82, 2.24) is 0 Å². The summed E-state index contributed by atoms with van der Waals surface area (Å²) in [4.78, 5) is 0. The molecule has 1 fully saturated rings. The molecule has 2 rings (SSSR count). The van der Waals surface area contributed by atoms with Crippen molar-refractivity contribution in [3.8, 4) is 0 Å². The number of aliphatic hydroxyl groups is 1. The summed E-state index contributed by atoms with van der Waals surface area (Å²) in [5.41, 5.74) is 6.25. The van der Waals surface area contributed by atoms with Gasteiger partial charge < -0.3 is 10.8 Å². The minimum atomic E-state index is -0.928. The Hall–Kier alpha value is -1.00. The van der Waals surface area contributed by atoms with E-state index in [2.05, 4.69) is 0 Å². The SMILES string of the molecule is Cc1ccc([C@@H](N)[C@@H](O)C2CCCCC2)c(F)c1F. The van der Waals surface area contributed by atoms with Crippen LogP contribution in [-0.4, -0.2) is 11.2 Å². The molecule has 1 aromatic rings. The summed E-state index contributed by atoms with van der Waals surface area (Å²) >= 11 is 0. The number of benzene rings is 1. The van der Waals surface area contributed by atoms with Gasteiger partial charge in [-0.25, -0.2) is 8.78 Å². The standard InChI is InChI=1S/C15H21F2NO/c1-9-7-8-11(13(17)12(9)16)14(18)15(19)10-5-3-2-4-6-10/h7-8,10,14-15,19H,2-6,18H2,1H3/t14-,15+/m1/s1. The van der Waals surface area contributed by atoms with E-state index in [-0.39, 0.29) is 17.0 Å². The molecule has 0 unspecified atom stereocenters.